The molecular formula is C36H36Cl2N4O6. The second kappa shape index (κ2) is 15.2. The zero-order valence-electron chi connectivity index (χ0n) is 26.7. The number of methoxy groups -OCH3 is 2. The smallest absolute Gasteiger partial charge is 0.416 e. The lowest BCUT2D eigenvalue weighted by Gasteiger charge is -2.44. The van der Waals surface area contributed by atoms with E-state index in [0.717, 1.165) is 38.0 Å². The Morgan fingerprint density at radius 2 is 1.69 bits per heavy atom. The van der Waals surface area contributed by atoms with E-state index in [1.165, 1.54) is 24.4 Å². The van der Waals surface area contributed by atoms with Gasteiger partial charge in [-0.1, -0.05) is 47.5 Å². The van der Waals surface area contributed by atoms with Gasteiger partial charge >= 0.3 is 12.1 Å². The van der Waals surface area contributed by atoms with Crippen molar-refractivity contribution in [1.82, 2.24) is 14.9 Å². The Morgan fingerprint density at radius 1 is 0.958 bits per heavy atom. The van der Waals surface area contributed by atoms with Gasteiger partial charge in [-0.3, -0.25) is 14.8 Å². The molecule has 7 rings (SSSR count). The summed E-state index contributed by atoms with van der Waals surface area (Å²) in [4.78, 5) is 39.4. The third kappa shape index (κ3) is 7.67. The van der Waals surface area contributed by atoms with Crippen LogP contribution in [0.5, 0.6) is 11.5 Å². The number of aromatic nitrogens is 2. The van der Waals surface area contributed by atoms with Crippen LogP contribution in [0.15, 0.2) is 79.3 Å². The van der Waals surface area contributed by atoms with Crippen molar-refractivity contribution in [1.29, 1.82) is 0 Å². The second-order valence-electron chi connectivity index (χ2n) is 11.8. The van der Waals surface area contributed by atoms with E-state index in [0.29, 0.717) is 50.0 Å². The number of fused-ring (bicyclic) bond motifs is 3. The van der Waals surface area contributed by atoms with Gasteiger partial charge in [0.05, 0.1) is 36.4 Å². The molecule has 1 unspecified atom stereocenters. The highest BCUT2D eigenvalue weighted by Crippen LogP contribution is 2.36. The molecule has 2 atom stereocenters. The zero-order chi connectivity index (χ0) is 33.6. The molecule has 3 fully saturated rings. The summed E-state index contributed by atoms with van der Waals surface area (Å²) in [6.07, 6.45) is 5.55. The van der Waals surface area contributed by atoms with Gasteiger partial charge in [0.25, 0.3) is 0 Å². The van der Waals surface area contributed by atoms with E-state index < -0.39 is 18.2 Å². The van der Waals surface area contributed by atoms with Crippen molar-refractivity contribution in [3.63, 3.8) is 0 Å². The lowest BCUT2D eigenvalue weighted by atomic mass is 9.86. The van der Waals surface area contributed by atoms with Crippen LogP contribution in [0.25, 0.3) is 0 Å². The molecule has 48 heavy (non-hydrogen) atoms. The molecule has 250 valence electrons. The van der Waals surface area contributed by atoms with Crippen molar-refractivity contribution in [2.24, 2.45) is 5.92 Å². The maximum absolute atomic E-state index is 13.6. The molecule has 5 heterocycles. The molecule has 1 amide bonds. The molecule has 3 aliphatic rings. The number of anilines is 1. The van der Waals surface area contributed by atoms with Gasteiger partial charge in [-0.25, -0.2) is 14.6 Å². The number of amides is 1. The minimum atomic E-state index is -0.768. The molecule has 12 heteroatoms. The molecule has 3 saturated heterocycles. The van der Waals surface area contributed by atoms with E-state index in [-0.39, 0.29) is 19.1 Å². The van der Waals surface area contributed by atoms with Gasteiger partial charge in [0, 0.05) is 31.6 Å². The first kappa shape index (κ1) is 33.5. The van der Waals surface area contributed by atoms with Gasteiger partial charge in [-0.05, 0) is 84.9 Å². The van der Waals surface area contributed by atoms with E-state index in [2.05, 4.69) is 14.9 Å². The van der Waals surface area contributed by atoms with Gasteiger partial charge in [-0.2, -0.15) is 0 Å². The minimum absolute atomic E-state index is 0.140. The average Bonchev–Trinajstić information content (AvgIpc) is 3.12. The molecule has 0 N–H and O–H groups in total. The summed E-state index contributed by atoms with van der Waals surface area (Å²) < 4.78 is 23.0. The summed E-state index contributed by atoms with van der Waals surface area (Å²) in [5, 5.41) is 0.718. The topological polar surface area (TPSA) is 103 Å². The first-order valence-electron chi connectivity index (χ1n) is 15.7. The largest absolute Gasteiger partial charge is 0.493 e. The summed E-state index contributed by atoms with van der Waals surface area (Å²) in [6.45, 7) is 3.07. The fourth-order valence-electron chi connectivity index (χ4n) is 6.22. The summed E-state index contributed by atoms with van der Waals surface area (Å²) in [7, 11) is 3.08. The van der Waals surface area contributed by atoms with E-state index in [1.54, 1.807) is 67.9 Å². The fraction of sp³-hybridized carbons (Fsp3) is 0.333. The van der Waals surface area contributed by atoms with Gasteiger partial charge in [0.1, 0.15) is 18.0 Å². The number of hydrogen-bond donors (Lipinski definition) is 0. The van der Waals surface area contributed by atoms with Crippen LogP contribution in [0, 0.1) is 5.92 Å². The van der Waals surface area contributed by atoms with Crippen molar-refractivity contribution in [3.8, 4) is 11.5 Å². The number of halogens is 2. The number of hydrogen-bond acceptors (Lipinski definition) is 9. The maximum Gasteiger partial charge on any atom is 0.416 e. The van der Waals surface area contributed by atoms with Crippen molar-refractivity contribution in [2.45, 2.75) is 38.0 Å². The van der Waals surface area contributed by atoms with Crippen molar-refractivity contribution in [2.75, 3.05) is 38.8 Å². The number of carbonyl (C=O) groups is 2. The Bertz CT molecular complexity index is 1710. The summed E-state index contributed by atoms with van der Waals surface area (Å²) in [5.41, 5.74) is 2.37. The van der Waals surface area contributed by atoms with Gasteiger partial charge < -0.3 is 18.9 Å². The number of ether oxygens (including phenoxy) is 4. The number of rotatable bonds is 11. The first-order valence-corrected chi connectivity index (χ1v) is 16.5. The van der Waals surface area contributed by atoms with E-state index in [9.17, 15) is 9.59 Å². The van der Waals surface area contributed by atoms with Gasteiger partial charge in [0.15, 0.2) is 11.5 Å². The summed E-state index contributed by atoms with van der Waals surface area (Å²) in [5.74, 6) is 1.33. The van der Waals surface area contributed by atoms with Crippen molar-refractivity contribution in [3.05, 3.63) is 112 Å². The van der Waals surface area contributed by atoms with Crippen molar-refractivity contribution >= 4 is 41.1 Å². The lowest BCUT2D eigenvalue weighted by molar-refractivity contribution is -0.0311. The van der Waals surface area contributed by atoms with Crippen LogP contribution in [0.3, 0.4) is 0 Å². The van der Waals surface area contributed by atoms with E-state index in [4.69, 9.17) is 42.1 Å². The molecule has 10 nitrogen and oxygen atoms in total. The number of esters is 1. The van der Waals surface area contributed by atoms with Crippen LogP contribution in [0.1, 0.15) is 46.0 Å². The van der Waals surface area contributed by atoms with Crippen LogP contribution in [0.4, 0.5) is 10.6 Å². The Labute approximate surface area is 289 Å². The number of benzene rings is 2. The maximum atomic E-state index is 13.6. The standard InChI is InChI=1S/C36H36Cl2N4O6/c1-45-30-11-10-26(17-32(30)46-2)31(18-27-28(37)19-39-20-29(27)38)47-35(43)25-8-6-23(7-9-25)21-42(34-5-3-4-14-40-34)36(44)48-33-22-41-15-12-24(33)13-16-41/h3-11,14,17,19-20,24,31,33H,12-13,15-16,18,21-22H2,1-2H3/t31-,33?/m0/s1. The van der Waals surface area contributed by atoms with Gasteiger partial charge in [0.2, 0.25) is 0 Å². The molecule has 0 spiro atoms. The molecule has 0 saturated carbocycles. The van der Waals surface area contributed by atoms with Crippen LogP contribution in [-0.4, -0.2) is 66.9 Å². The average molecular weight is 692 g/mol. The van der Waals surface area contributed by atoms with Crippen molar-refractivity contribution < 1.29 is 28.5 Å². The highest BCUT2D eigenvalue weighted by atomic mass is 35.5. The summed E-state index contributed by atoms with van der Waals surface area (Å²) in [6, 6.07) is 17.6. The van der Waals surface area contributed by atoms with Crippen LogP contribution in [-0.2, 0) is 22.4 Å². The molecule has 2 bridgehead atoms. The number of pyridine rings is 2. The Balaban J connectivity index is 1.20. The van der Waals surface area contributed by atoms with Gasteiger partial charge in [-0.15, -0.1) is 0 Å². The molecule has 0 radical (unpaired) electrons. The second-order valence-corrected chi connectivity index (χ2v) is 12.6. The molecule has 3 aliphatic heterocycles. The Morgan fingerprint density at radius 3 is 2.31 bits per heavy atom. The SMILES string of the molecule is COc1ccc([C@H](Cc2c(Cl)cncc2Cl)OC(=O)c2ccc(CN(C(=O)OC3CN4CCC3CC4)c3ccccn3)cc2)cc1OC. The predicted molar refractivity (Wildman–Crippen MR) is 182 cm³/mol. The number of carbonyl (C=O) groups excluding carboxylic acids is 2. The quantitative estimate of drug-likeness (QED) is 0.151. The first-order chi connectivity index (χ1) is 23.3. The minimum Gasteiger partial charge on any atom is -0.493 e. The third-order valence-corrected chi connectivity index (χ3v) is 9.55. The monoisotopic (exact) mass is 690 g/mol. The fourth-order valence-corrected chi connectivity index (χ4v) is 6.73. The normalized spacial score (nSPS) is 18.9. The van der Waals surface area contributed by atoms with Crippen LogP contribution < -0.4 is 14.4 Å². The van der Waals surface area contributed by atoms with Crippen LogP contribution in [0.2, 0.25) is 10.0 Å². The highest BCUT2D eigenvalue weighted by Gasteiger charge is 2.37. The third-order valence-electron chi connectivity index (χ3n) is 8.90. The molecule has 2 aromatic heterocycles. The molecule has 4 aromatic rings. The molecule has 2 aromatic carbocycles. The Hall–Kier alpha value is -4.38. The predicted octanol–water partition coefficient (Wildman–Crippen LogP) is 7.18. The highest BCUT2D eigenvalue weighted by molar-refractivity contribution is 6.35. The van der Waals surface area contributed by atoms with Crippen LogP contribution >= 0.6 is 23.2 Å². The molecular weight excluding hydrogens is 655 g/mol. The lowest BCUT2D eigenvalue weighted by Crippen LogP contribution is -2.53. The van der Waals surface area contributed by atoms with E-state index >= 15 is 0 Å². The Kier molecular flexibility index (Phi) is 10.6. The summed E-state index contributed by atoms with van der Waals surface area (Å²) >= 11 is 12.9. The number of nitrogens with zero attached hydrogens (tertiary/aromatic N) is 4. The number of piperidine rings is 3. The van der Waals surface area contributed by atoms with E-state index in [1.807, 2.05) is 6.07 Å². The molecule has 0 aliphatic carbocycles. The zero-order valence-corrected chi connectivity index (χ0v) is 28.2.